The first-order valence-electron chi connectivity index (χ1n) is 6.17. The van der Waals surface area contributed by atoms with Crippen molar-refractivity contribution in [2.75, 3.05) is 32.5 Å². The van der Waals surface area contributed by atoms with E-state index in [-0.39, 0.29) is 12.4 Å². The summed E-state index contributed by atoms with van der Waals surface area (Å²) in [7, 11) is -1.12. The SMILES string of the molecule is CC(C)N(C)CCCNS(=O)(=O)CCCCO. The lowest BCUT2D eigenvalue weighted by Crippen LogP contribution is -2.32. The Labute approximate surface area is 105 Å². The van der Waals surface area contributed by atoms with Gasteiger partial charge in [0.1, 0.15) is 0 Å². The number of unbranched alkanes of at least 4 members (excludes halogenated alkanes) is 1. The van der Waals surface area contributed by atoms with Crippen LogP contribution in [-0.4, -0.2) is 57.0 Å². The fraction of sp³-hybridized carbons (Fsp3) is 1.00. The largest absolute Gasteiger partial charge is 0.396 e. The van der Waals surface area contributed by atoms with Gasteiger partial charge in [-0.2, -0.15) is 0 Å². The molecule has 5 nitrogen and oxygen atoms in total. The van der Waals surface area contributed by atoms with E-state index in [2.05, 4.69) is 23.5 Å². The Morgan fingerprint density at radius 3 is 2.41 bits per heavy atom. The molecule has 0 aromatic heterocycles. The monoisotopic (exact) mass is 266 g/mol. The molecular weight excluding hydrogens is 240 g/mol. The second-order valence-electron chi connectivity index (χ2n) is 4.57. The minimum atomic E-state index is -3.15. The average Bonchev–Trinajstić information content (AvgIpc) is 2.24. The van der Waals surface area contributed by atoms with Crippen LogP contribution in [0.2, 0.25) is 0 Å². The van der Waals surface area contributed by atoms with Crippen molar-refractivity contribution in [1.29, 1.82) is 0 Å². The van der Waals surface area contributed by atoms with E-state index in [1.807, 2.05) is 7.05 Å². The molecule has 0 heterocycles. The first-order chi connectivity index (χ1) is 7.89. The van der Waals surface area contributed by atoms with Crippen LogP contribution in [0.3, 0.4) is 0 Å². The molecule has 0 spiro atoms. The molecule has 0 atom stereocenters. The van der Waals surface area contributed by atoms with Gasteiger partial charge in [0.25, 0.3) is 0 Å². The van der Waals surface area contributed by atoms with Crippen LogP contribution in [-0.2, 0) is 10.0 Å². The van der Waals surface area contributed by atoms with Crippen LogP contribution in [0.1, 0.15) is 33.1 Å². The molecule has 0 aliphatic heterocycles. The Hall–Kier alpha value is -0.170. The molecule has 0 aliphatic rings. The quantitative estimate of drug-likeness (QED) is 0.562. The molecule has 0 saturated carbocycles. The molecule has 0 rings (SSSR count). The standard InChI is InChI=1S/C11H26N2O3S/c1-11(2)13(3)8-6-7-12-17(15,16)10-5-4-9-14/h11-12,14H,4-10H2,1-3H3. The number of hydrogen-bond donors (Lipinski definition) is 2. The van der Waals surface area contributed by atoms with Gasteiger partial charge in [0.05, 0.1) is 5.75 Å². The van der Waals surface area contributed by atoms with E-state index in [1.54, 1.807) is 0 Å². The summed E-state index contributed by atoms with van der Waals surface area (Å²) < 4.78 is 25.5. The Kier molecular flexibility index (Phi) is 8.77. The van der Waals surface area contributed by atoms with Crippen LogP contribution in [0.4, 0.5) is 0 Å². The Morgan fingerprint density at radius 2 is 1.88 bits per heavy atom. The Morgan fingerprint density at radius 1 is 1.24 bits per heavy atom. The normalized spacial score (nSPS) is 12.6. The molecule has 17 heavy (non-hydrogen) atoms. The zero-order chi connectivity index (χ0) is 13.3. The van der Waals surface area contributed by atoms with Gasteiger partial charge in [-0.1, -0.05) is 0 Å². The lowest BCUT2D eigenvalue weighted by molar-refractivity contribution is 0.271. The van der Waals surface area contributed by atoms with Crippen LogP contribution in [0.5, 0.6) is 0 Å². The summed E-state index contributed by atoms with van der Waals surface area (Å²) in [5.41, 5.74) is 0. The van der Waals surface area contributed by atoms with E-state index < -0.39 is 10.0 Å². The van der Waals surface area contributed by atoms with Gasteiger partial charge < -0.3 is 10.0 Å². The van der Waals surface area contributed by atoms with Gasteiger partial charge in [-0.25, -0.2) is 13.1 Å². The van der Waals surface area contributed by atoms with E-state index in [4.69, 9.17) is 5.11 Å². The number of sulfonamides is 1. The number of hydrogen-bond acceptors (Lipinski definition) is 4. The van der Waals surface area contributed by atoms with Crippen molar-refractivity contribution >= 4 is 10.0 Å². The molecule has 0 fully saturated rings. The van der Waals surface area contributed by atoms with Crippen molar-refractivity contribution in [3.8, 4) is 0 Å². The van der Waals surface area contributed by atoms with Crippen LogP contribution in [0.15, 0.2) is 0 Å². The van der Waals surface area contributed by atoms with Crippen molar-refractivity contribution in [2.24, 2.45) is 0 Å². The van der Waals surface area contributed by atoms with Crippen molar-refractivity contribution in [1.82, 2.24) is 9.62 Å². The smallest absolute Gasteiger partial charge is 0.211 e. The molecule has 6 heteroatoms. The Bertz CT molecular complexity index is 278. The topological polar surface area (TPSA) is 69.6 Å². The van der Waals surface area contributed by atoms with Crippen LogP contribution >= 0.6 is 0 Å². The van der Waals surface area contributed by atoms with E-state index >= 15 is 0 Å². The van der Waals surface area contributed by atoms with E-state index in [9.17, 15) is 8.42 Å². The van der Waals surface area contributed by atoms with Gasteiger partial charge in [-0.15, -0.1) is 0 Å². The van der Waals surface area contributed by atoms with Gasteiger partial charge in [-0.05, 0) is 46.7 Å². The highest BCUT2D eigenvalue weighted by atomic mass is 32.2. The highest BCUT2D eigenvalue weighted by Crippen LogP contribution is 1.96. The minimum absolute atomic E-state index is 0.0503. The molecule has 0 bridgehead atoms. The maximum atomic E-state index is 11.5. The summed E-state index contributed by atoms with van der Waals surface area (Å²) in [4.78, 5) is 2.18. The fourth-order valence-corrected chi connectivity index (χ4v) is 2.47. The lowest BCUT2D eigenvalue weighted by Gasteiger charge is -2.20. The van der Waals surface area contributed by atoms with Crippen molar-refractivity contribution < 1.29 is 13.5 Å². The highest BCUT2D eigenvalue weighted by Gasteiger charge is 2.09. The number of aliphatic hydroxyl groups excluding tert-OH is 1. The van der Waals surface area contributed by atoms with Crippen molar-refractivity contribution in [3.63, 3.8) is 0 Å². The zero-order valence-corrected chi connectivity index (χ0v) is 12.0. The van der Waals surface area contributed by atoms with Gasteiger partial charge in [0.15, 0.2) is 0 Å². The molecular formula is C11H26N2O3S. The molecule has 104 valence electrons. The van der Waals surface area contributed by atoms with Gasteiger partial charge >= 0.3 is 0 Å². The third-order valence-corrected chi connectivity index (χ3v) is 4.18. The van der Waals surface area contributed by atoms with Gasteiger partial charge in [0, 0.05) is 19.2 Å². The van der Waals surface area contributed by atoms with Crippen LogP contribution in [0, 0.1) is 0 Å². The summed E-state index contributed by atoms with van der Waals surface area (Å²) in [6.07, 6.45) is 1.86. The van der Waals surface area contributed by atoms with Gasteiger partial charge in [-0.3, -0.25) is 0 Å². The number of nitrogens with one attached hydrogen (secondary N) is 1. The molecule has 0 aromatic carbocycles. The molecule has 0 saturated heterocycles. The summed E-state index contributed by atoms with van der Waals surface area (Å²) in [6.45, 7) is 5.64. The molecule has 0 aliphatic carbocycles. The zero-order valence-electron chi connectivity index (χ0n) is 11.1. The predicted octanol–water partition coefficient (Wildman–Crippen LogP) is 0.409. The third kappa shape index (κ3) is 9.52. The molecule has 2 N–H and O–H groups in total. The fourth-order valence-electron chi connectivity index (χ4n) is 1.29. The summed E-state index contributed by atoms with van der Waals surface area (Å²) in [6, 6.07) is 0.483. The van der Waals surface area contributed by atoms with Crippen LogP contribution < -0.4 is 4.72 Å². The third-order valence-electron chi connectivity index (χ3n) is 2.71. The number of aliphatic hydroxyl groups is 1. The number of nitrogens with zero attached hydrogens (tertiary/aromatic N) is 1. The van der Waals surface area contributed by atoms with E-state index in [0.717, 1.165) is 13.0 Å². The van der Waals surface area contributed by atoms with E-state index in [0.29, 0.717) is 25.4 Å². The molecule has 0 radical (unpaired) electrons. The predicted molar refractivity (Wildman–Crippen MR) is 70.5 cm³/mol. The summed E-state index contributed by atoms with van der Waals surface area (Å²) >= 11 is 0. The highest BCUT2D eigenvalue weighted by molar-refractivity contribution is 7.89. The maximum Gasteiger partial charge on any atom is 0.211 e. The average molecular weight is 266 g/mol. The minimum Gasteiger partial charge on any atom is -0.396 e. The van der Waals surface area contributed by atoms with Crippen LogP contribution in [0.25, 0.3) is 0 Å². The first kappa shape index (κ1) is 16.8. The molecule has 0 aromatic rings. The second kappa shape index (κ2) is 8.85. The number of rotatable bonds is 10. The second-order valence-corrected chi connectivity index (χ2v) is 6.50. The molecule has 0 unspecified atom stereocenters. The van der Waals surface area contributed by atoms with Crippen molar-refractivity contribution in [3.05, 3.63) is 0 Å². The van der Waals surface area contributed by atoms with E-state index in [1.165, 1.54) is 0 Å². The first-order valence-corrected chi connectivity index (χ1v) is 7.82. The summed E-state index contributed by atoms with van der Waals surface area (Å²) in [5.74, 6) is 0.105. The Balaban J connectivity index is 3.66. The molecule has 0 amide bonds. The maximum absolute atomic E-state index is 11.5. The van der Waals surface area contributed by atoms with Gasteiger partial charge in [0.2, 0.25) is 10.0 Å². The van der Waals surface area contributed by atoms with Crippen molar-refractivity contribution in [2.45, 2.75) is 39.2 Å². The summed E-state index contributed by atoms with van der Waals surface area (Å²) in [5, 5.41) is 8.57. The lowest BCUT2D eigenvalue weighted by atomic mass is 10.3.